The van der Waals surface area contributed by atoms with Crippen molar-refractivity contribution >= 4 is 38.8 Å². The lowest BCUT2D eigenvalue weighted by Crippen LogP contribution is -2.13. The van der Waals surface area contributed by atoms with Crippen LogP contribution in [0.2, 0.25) is 5.02 Å². The van der Waals surface area contributed by atoms with Crippen LogP contribution in [0.25, 0.3) is 0 Å². The molecular formula is C18H15ClFN3O2S. The smallest absolute Gasteiger partial charge is 0.261 e. The van der Waals surface area contributed by atoms with Gasteiger partial charge in [-0.25, -0.2) is 17.8 Å². The lowest BCUT2D eigenvalue weighted by Gasteiger charge is -2.10. The Morgan fingerprint density at radius 3 is 2.31 bits per heavy atom. The molecule has 0 atom stereocenters. The fourth-order valence-electron chi connectivity index (χ4n) is 2.18. The Balaban J connectivity index is 1.73. The summed E-state index contributed by atoms with van der Waals surface area (Å²) in [6, 6.07) is 13.9. The first kappa shape index (κ1) is 18.2. The van der Waals surface area contributed by atoms with Gasteiger partial charge in [0.2, 0.25) is 0 Å². The molecule has 0 unspecified atom stereocenters. The predicted molar refractivity (Wildman–Crippen MR) is 101 cm³/mol. The van der Waals surface area contributed by atoms with Crippen molar-refractivity contribution in [2.24, 2.45) is 0 Å². The summed E-state index contributed by atoms with van der Waals surface area (Å²) in [5.41, 5.74) is 1.87. The van der Waals surface area contributed by atoms with Gasteiger partial charge in [-0.05, 0) is 49.4 Å². The van der Waals surface area contributed by atoms with Crippen LogP contribution < -0.4 is 10.0 Å². The van der Waals surface area contributed by atoms with Crippen LogP contribution in [0.4, 0.5) is 21.6 Å². The molecule has 0 bridgehead atoms. The molecule has 1 aromatic heterocycles. The largest absolute Gasteiger partial charge is 0.340 e. The maximum Gasteiger partial charge on any atom is 0.261 e. The second-order valence-electron chi connectivity index (χ2n) is 5.60. The second kappa shape index (κ2) is 7.31. The number of benzene rings is 2. The number of aryl methyl sites for hydroxylation is 1. The third-order valence-electron chi connectivity index (χ3n) is 3.54. The Labute approximate surface area is 155 Å². The topological polar surface area (TPSA) is 71.1 Å². The molecule has 8 heteroatoms. The molecule has 0 amide bonds. The zero-order valence-corrected chi connectivity index (χ0v) is 15.3. The third-order valence-corrected chi connectivity index (χ3v) is 5.23. The molecule has 0 spiro atoms. The van der Waals surface area contributed by atoms with E-state index in [9.17, 15) is 12.8 Å². The highest BCUT2D eigenvalue weighted by molar-refractivity contribution is 7.92. The summed E-state index contributed by atoms with van der Waals surface area (Å²) in [6.07, 6.45) is 1.39. The van der Waals surface area contributed by atoms with Crippen molar-refractivity contribution < 1.29 is 12.8 Å². The minimum atomic E-state index is -3.68. The Morgan fingerprint density at radius 1 is 1.00 bits per heavy atom. The first-order valence-corrected chi connectivity index (χ1v) is 9.47. The summed E-state index contributed by atoms with van der Waals surface area (Å²) in [5, 5.41) is 2.96. The van der Waals surface area contributed by atoms with Crippen molar-refractivity contribution in [3.05, 3.63) is 77.2 Å². The zero-order valence-electron chi connectivity index (χ0n) is 13.7. The van der Waals surface area contributed by atoms with E-state index in [0.29, 0.717) is 17.2 Å². The van der Waals surface area contributed by atoms with E-state index >= 15 is 0 Å². The molecule has 1 heterocycles. The first-order valence-electron chi connectivity index (χ1n) is 7.61. The van der Waals surface area contributed by atoms with E-state index < -0.39 is 15.8 Å². The molecular weight excluding hydrogens is 377 g/mol. The summed E-state index contributed by atoms with van der Waals surface area (Å²) in [7, 11) is -3.68. The minimum Gasteiger partial charge on any atom is -0.340 e. The van der Waals surface area contributed by atoms with Crippen LogP contribution in [-0.4, -0.2) is 13.4 Å². The molecule has 2 N–H and O–H groups in total. The number of anilines is 3. The molecule has 2 aromatic carbocycles. The van der Waals surface area contributed by atoms with Gasteiger partial charge in [0.15, 0.2) is 0 Å². The van der Waals surface area contributed by atoms with Crippen LogP contribution in [0.5, 0.6) is 0 Å². The Kier molecular flexibility index (Phi) is 5.11. The SMILES string of the molecule is Cc1ccc(S(=O)(=O)Nc2ccc(Nc3ccc(F)c(Cl)c3)nc2)cc1. The fraction of sp³-hybridized carbons (Fsp3) is 0.0556. The predicted octanol–water partition coefficient (Wildman–Crippen LogP) is 4.73. The number of pyridine rings is 1. The average molecular weight is 392 g/mol. The summed E-state index contributed by atoms with van der Waals surface area (Å²) < 4.78 is 40.3. The molecule has 0 aliphatic rings. The summed E-state index contributed by atoms with van der Waals surface area (Å²) in [5.74, 6) is -0.0444. The maximum atomic E-state index is 13.2. The van der Waals surface area contributed by atoms with E-state index in [1.54, 1.807) is 36.4 Å². The standard InChI is InChI=1S/C18H15ClFN3O2S/c1-12-2-6-15(7-3-12)26(24,25)23-14-5-9-18(21-11-14)22-13-4-8-17(20)16(19)10-13/h2-11,23H,1H3,(H,21,22). The molecule has 3 aromatic rings. The van der Waals surface area contributed by atoms with Crippen LogP contribution >= 0.6 is 11.6 Å². The van der Waals surface area contributed by atoms with Gasteiger partial charge in [0.1, 0.15) is 11.6 Å². The van der Waals surface area contributed by atoms with Crippen LogP contribution in [0.1, 0.15) is 5.56 Å². The molecule has 5 nitrogen and oxygen atoms in total. The number of rotatable bonds is 5. The highest BCUT2D eigenvalue weighted by Gasteiger charge is 2.14. The fourth-order valence-corrected chi connectivity index (χ4v) is 3.41. The molecule has 134 valence electrons. The van der Waals surface area contributed by atoms with Crippen molar-refractivity contribution in [1.82, 2.24) is 4.98 Å². The van der Waals surface area contributed by atoms with Crippen molar-refractivity contribution in [3.63, 3.8) is 0 Å². The quantitative estimate of drug-likeness (QED) is 0.659. The maximum absolute atomic E-state index is 13.2. The Hall–Kier alpha value is -2.64. The minimum absolute atomic E-state index is 0.00234. The molecule has 0 saturated carbocycles. The van der Waals surface area contributed by atoms with Crippen molar-refractivity contribution in [2.75, 3.05) is 10.0 Å². The van der Waals surface area contributed by atoms with Gasteiger partial charge in [0, 0.05) is 5.69 Å². The Morgan fingerprint density at radius 2 is 1.69 bits per heavy atom. The van der Waals surface area contributed by atoms with E-state index in [4.69, 9.17) is 11.6 Å². The Bertz CT molecular complexity index is 1020. The van der Waals surface area contributed by atoms with Crippen molar-refractivity contribution in [2.45, 2.75) is 11.8 Å². The second-order valence-corrected chi connectivity index (χ2v) is 7.69. The first-order chi connectivity index (χ1) is 12.3. The zero-order chi connectivity index (χ0) is 18.7. The van der Waals surface area contributed by atoms with Gasteiger partial charge in [-0.15, -0.1) is 0 Å². The van der Waals surface area contributed by atoms with E-state index in [0.717, 1.165) is 5.56 Å². The van der Waals surface area contributed by atoms with Gasteiger partial charge in [0.25, 0.3) is 10.0 Å². The van der Waals surface area contributed by atoms with E-state index in [1.807, 2.05) is 6.92 Å². The van der Waals surface area contributed by atoms with E-state index in [-0.39, 0.29) is 9.92 Å². The van der Waals surface area contributed by atoms with Gasteiger partial charge in [-0.1, -0.05) is 29.3 Å². The highest BCUT2D eigenvalue weighted by Crippen LogP contribution is 2.23. The number of nitrogens with zero attached hydrogens (tertiary/aromatic N) is 1. The summed E-state index contributed by atoms with van der Waals surface area (Å²) in [4.78, 5) is 4.32. The van der Waals surface area contributed by atoms with Gasteiger partial charge in [0.05, 0.1) is 21.8 Å². The van der Waals surface area contributed by atoms with Gasteiger partial charge < -0.3 is 5.32 Å². The van der Waals surface area contributed by atoms with E-state index in [2.05, 4.69) is 15.0 Å². The van der Waals surface area contributed by atoms with Gasteiger partial charge in [-0.2, -0.15) is 0 Å². The molecule has 0 aliphatic carbocycles. The van der Waals surface area contributed by atoms with Crippen LogP contribution in [-0.2, 0) is 10.0 Å². The summed E-state index contributed by atoms with van der Waals surface area (Å²) >= 11 is 5.73. The number of hydrogen-bond donors (Lipinski definition) is 2. The number of aromatic nitrogens is 1. The van der Waals surface area contributed by atoms with Crippen LogP contribution in [0, 0.1) is 12.7 Å². The number of nitrogens with one attached hydrogen (secondary N) is 2. The molecule has 26 heavy (non-hydrogen) atoms. The van der Waals surface area contributed by atoms with Crippen molar-refractivity contribution in [3.8, 4) is 0 Å². The molecule has 0 aliphatic heterocycles. The van der Waals surface area contributed by atoms with Crippen LogP contribution in [0.3, 0.4) is 0 Å². The van der Waals surface area contributed by atoms with Crippen molar-refractivity contribution in [1.29, 1.82) is 0 Å². The van der Waals surface area contributed by atoms with Gasteiger partial charge >= 0.3 is 0 Å². The third kappa shape index (κ3) is 4.30. The monoisotopic (exact) mass is 391 g/mol. The number of hydrogen-bond acceptors (Lipinski definition) is 4. The summed E-state index contributed by atoms with van der Waals surface area (Å²) in [6.45, 7) is 1.88. The molecule has 0 fully saturated rings. The lowest BCUT2D eigenvalue weighted by atomic mass is 10.2. The molecule has 3 rings (SSSR count). The molecule has 0 saturated heterocycles. The number of halogens is 2. The van der Waals surface area contributed by atoms with Gasteiger partial charge in [-0.3, -0.25) is 4.72 Å². The van der Waals surface area contributed by atoms with E-state index in [1.165, 1.54) is 24.4 Å². The highest BCUT2D eigenvalue weighted by atomic mass is 35.5. The average Bonchev–Trinajstić information content (AvgIpc) is 2.60. The van der Waals surface area contributed by atoms with Crippen LogP contribution in [0.15, 0.2) is 65.7 Å². The molecule has 0 radical (unpaired) electrons. The number of sulfonamides is 1. The normalized spacial score (nSPS) is 11.2. The lowest BCUT2D eigenvalue weighted by molar-refractivity contribution is 0.601.